The highest BCUT2D eigenvalue weighted by molar-refractivity contribution is 5.82. The van der Waals surface area contributed by atoms with Gasteiger partial charge in [0, 0.05) is 14.1 Å². The van der Waals surface area contributed by atoms with E-state index < -0.39 is 0 Å². The normalized spacial score (nSPS) is 12.6. The highest BCUT2D eigenvalue weighted by atomic mass is 16.2. The fraction of sp³-hybridized carbons (Fsp3) is 0.571. The molecule has 1 N–H and O–H groups in total. The van der Waals surface area contributed by atoms with Gasteiger partial charge >= 0.3 is 0 Å². The molecule has 66 valence electrons. The zero-order valence-corrected chi connectivity index (χ0v) is 7.40. The zero-order valence-electron chi connectivity index (χ0n) is 7.40. The van der Waals surface area contributed by atoms with Gasteiger partial charge in [0.1, 0.15) is 0 Å². The van der Waals surface area contributed by atoms with Gasteiger partial charge in [-0.2, -0.15) is 15.4 Å². The number of aromatic nitrogens is 3. The maximum Gasteiger partial charge on any atom is 0.231 e. The van der Waals surface area contributed by atoms with Crippen LogP contribution in [0.25, 0.3) is 0 Å². The average Bonchev–Trinajstić information content (AvgIpc) is 2.53. The quantitative estimate of drug-likeness (QED) is 0.676. The zero-order chi connectivity index (χ0) is 9.14. The molecule has 1 heterocycles. The Labute approximate surface area is 70.8 Å². The van der Waals surface area contributed by atoms with Gasteiger partial charge in [-0.25, -0.2) is 0 Å². The monoisotopic (exact) mass is 168 g/mol. The number of nitrogens with one attached hydrogen (secondary N) is 1. The molecule has 0 radical (unpaired) electrons. The summed E-state index contributed by atoms with van der Waals surface area (Å²) in [6.07, 6.45) is 1.56. The van der Waals surface area contributed by atoms with Crippen molar-refractivity contribution in [2.45, 2.75) is 12.8 Å². The van der Waals surface area contributed by atoms with Crippen molar-refractivity contribution in [3.8, 4) is 0 Å². The molecule has 0 aliphatic heterocycles. The minimum Gasteiger partial charge on any atom is -0.348 e. The molecule has 5 heteroatoms. The molecule has 1 atom stereocenters. The third kappa shape index (κ3) is 1.61. The first-order valence-corrected chi connectivity index (χ1v) is 3.69. The van der Waals surface area contributed by atoms with E-state index in [9.17, 15) is 4.79 Å². The van der Waals surface area contributed by atoms with Crippen LogP contribution in [0.1, 0.15) is 18.5 Å². The van der Waals surface area contributed by atoms with Crippen LogP contribution in [-0.2, 0) is 4.79 Å². The SMILES string of the molecule is CC(C(=O)N(C)C)c1cn[nH]n1. The molecule has 0 aromatic carbocycles. The van der Waals surface area contributed by atoms with Gasteiger partial charge < -0.3 is 4.90 Å². The summed E-state index contributed by atoms with van der Waals surface area (Å²) in [5, 5.41) is 9.95. The number of likely N-dealkylation sites (N-methyl/N-ethyl adjacent to an activating group) is 1. The fourth-order valence-corrected chi connectivity index (χ4v) is 0.933. The van der Waals surface area contributed by atoms with Gasteiger partial charge in [-0.15, -0.1) is 0 Å². The van der Waals surface area contributed by atoms with Crippen LogP contribution in [-0.4, -0.2) is 40.3 Å². The lowest BCUT2D eigenvalue weighted by molar-refractivity contribution is -0.129. The van der Waals surface area contributed by atoms with Crippen molar-refractivity contribution in [2.75, 3.05) is 14.1 Å². The summed E-state index contributed by atoms with van der Waals surface area (Å²) in [7, 11) is 3.44. The van der Waals surface area contributed by atoms with Crippen LogP contribution in [0.3, 0.4) is 0 Å². The summed E-state index contributed by atoms with van der Waals surface area (Å²) in [5.41, 5.74) is 0.675. The molecule has 1 aromatic rings. The number of hydrogen-bond donors (Lipinski definition) is 1. The molecule has 5 nitrogen and oxygen atoms in total. The maximum atomic E-state index is 11.4. The fourth-order valence-electron chi connectivity index (χ4n) is 0.933. The molecule has 0 aliphatic rings. The van der Waals surface area contributed by atoms with Crippen LogP contribution in [0.15, 0.2) is 6.20 Å². The largest absolute Gasteiger partial charge is 0.348 e. The van der Waals surface area contributed by atoms with Gasteiger partial charge in [0.15, 0.2) is 0 Å². The lowest BCUT2D eigenvalue weighted by Crippen LogP contribution is -2.26. The summed E-state index contributed by atoms with van der Waals surface area (Å²) >= 11 is 0. The van der Waals surface area contributed by atoms with Crippen molar-refractivity contribution in [3.63, 3.8) is 0 Å². The number of H-pyrrole nitrogens is 1. The molecule has 12 heavy (non-hydrogen) atoms. The van der Waals surface area contributed by atoms with Crippen molar-refractivity contribution < 1.29 is 4.79 Å². The summed E-state index contributed by atoms with van der Waals surface area (Å²) in [4.78, 5) is 12.9. The molecule has 1 aromatic heterocycles. The second kappa shape index (κ2) is 3.34. The number of aromatic amines is 1. The molecule has 1 amide bonds. The van der Waals surface area contributed by atoms with Crippen LogP contribution in [0.4, 0.5) is 0 Å². The molecule has 0 aliphatic carbocycles. The molecule has 1 unspecified atom stereocenters. The second-order valence-electron chi connectivity index (χ2n) is 2.85. The van der Waals surface area contributed by atoms with Gasteiger partial charge in [0.2, 0.25) is 5.91 Å². The van der Waals surface area contributed by atoms with Gasteiger partial charge in [-0.3, -0.25) is 4.79 Å². The standard InChI is InChI=1S/C7H12N4O/c1-5(7(12)11(2)3)6-4-8-10-9-6/h4-5H,1-3H3,(H,8,9,10). The van der Waals surface area contributed by atoms with Crippen LogP contribution in [0, 0.1) is 0 Å². The van der Waals surface area contributed by atoms with Crippen LogP contribution < -0.4 is 0 Å². The number of rotatable bonds is 2. The van der Waals surface area contributed by atoms with Crippen molar-refractivity contribution in [1.29, 1.82) is 0 Å². The van der Waals surface area contributed by atoms with Gasteiger partial charge in [-0.05, 0) is 6.92 Å². The van der Waals surface area contributed by atoms with Gasteiger partial charge in [0.05, 0.1) is 17.8 Å². The molecular formula is C7H12N4O. The molecule has 0 bridgehead atoms. The number of amides is 1. The molecular weight excluding hydrogens is 156 g/mol. The third-order valence-corrected chi connectivity index (χ3v) is 1.69. The number of carbonyl (C=O) groups is 1. The molecule has 0 saturated carbocycles. The number of nitrogens with zero attached hydrogens (tertiary/aromatic N) is 3. The Balaban J connectivity index is 2.72. The molecule has 0 fully saturated rings. The Morgan fingerprint density at radius 3 is 2.75 bits per heavy atom. The summed E-state index contributed by atoms with van der Waals surface area (Å²) in [5.74, 6) is -0.192. The maximum absolute atomic E-state index is 11.4. The van der Waals surface area contributed by atoms with Crippen molar-refractivity contribution in [1.82, 2.24) is 20.3 Å². The van der Waals surface area contributed by atoms with Crippen molar-refractivity contribution in [3.05, 3.63) is 11.9 Å². The summed E-state index contributed by atoms with van der Waals surface area (Å²) in [6.45, 7) is 1.81. The van der Waals surface area contributed by atoms with E-state index in [2.05, 4.69) is 15.4 Å². The Bertz CT molecular complexity index is 254. The van der Waals surface area contributed by atoms with Gasteiger partial charge in [0.25, 0.3) is 0 Å². The first-order chi connectivity index (χ1) is 5.63. The second-order valence-corrected chi connectivity index (χ2v) is 2.85. The topological polar surface area (TPSA) is 61.9 Å². The van der Waals surface area contributed by atoms with E-state index in [0.717, 1.165) is 0 Å². The van der Waals surface area contributed by atoms with E-state index >= 15 is 0 Å². The number of hydrogen-bond acceptors (Lipinski definition) is 3. The van der Waals surface area contributed by atoms with E-state index in [0.29, 0.717) is 5.69 Å². The molecule has 1 rings (SSSR count). The van der Waals surface area contributed by atoms with Crippen LogP contribution in [0.5, 0.6) is 0 Å². The molecule has 0 spiro atoms. The lowest BCUT2D eigenvalue weighted by Gasteiger charge is -2.14. The highest BCUT2D eigenvalue weighted by Crippen LogP contribution is 2.11. The Hall–Kier alpha value is -1.39. The van der Waals surface area contributed by atoms with E-state index in [1.165, 1.54) is 0 Å². The molecule has 0 saturated heterocycles. The lowest BCUT2D eigenvalue weighted by atomic mass is 10.1. The minimum atomic E-state index is -0.223. The summed E-state index contributed by atoms with van der Waals surface area (Å²) in [6, 6.07) is 0. The Kier molecular flexibility index (Phi) is 2.42. The predicted molar refractivity (Wildman–Crippen MR) is 43.5 cm³/mol. The van der Waals surface area contributed by atoms with E-state index in [4.69, 9.17) is 0 Å². The van der Waals surface area contributed by atoms with E-state index in [-0.39, 0.29) is 11.8 Å². The Morgan fingerprint density at radius 2 is 2.33 bits per heavy atom. The van der Waals surface area contributed by atoms with Crippen LogP contribution >= 0.6 is 0 Å². The number of carbonyl (C=O) groups excluding carboxylic acids is 1. The highest BCUT2D eigenvalue weighted by Gasteiger charge is 2.18. The summed E-state index contributed by atoms with van der Waals surface area (Å²) < 4.78 is 0. The third-order valence-electron chi connectivity index (χ3n) is 1.69. The Morgan fingerprint density at radius 1 is 1.67 bits per heavy atom. The van der Waals surface area contributed by atoms with Gasteiger partial charge in [-0.1, -0.05) is 0 Å². The van der Waals surface area contributed by atoms with E-state index in [1.54, 1.807) is 32.1 Å². The first-order valence-electron chi connectivity index (χ1n) is 3.69. The van der Waals surface area contributed by atoms with Crippen LogP contribution in [0.2, 0.25) is 0 Å². The average molecular weight is 168 g/mol. The minimum absolute atomic E-state index is 0.0314. The van der Waals surface area contributed by atoms with Crippen molar-refractivity contribution >= 4 is 5.91 Å². The first kappa shape index (κ1) is 8.70. The predicted octanol–water partition coefficient (Wildman–Crippen LogP) is -0.00360. The van der Waals surface area contributed by atoms with Crippen molar-refractivity contribution in [2.24, 2.45) is 0 Å². The smallest absolute Gasteiger partial charge is 0.231 e. The van der Waals surface area contributed by atoms with E-state index in [1.807, 2.05) is 0 Å².